The maximum atomic E-state index is 10.5. The van der Waals surface area contributed by atoms with Crippen molar-refractivity contribution in [3.63, 3.8) is 0 Å². The van der Waals surface area contributed by atoms with Gasteiger partial charge in [0, 0.05) is 12.5 Å². The molecule has 0 fully saturated rings. The Hall–Kier alpha value is -2.04. The van der Waals surface area contributed by atoms with Crippen molar-refractivity contribution in [2.75, 3.05) is 0 Å². The molecule has 5 nitrogen and oxygen atoms in total. The average Bonchev–Trinajstić information content (AvgIpc) is 2.17. The number of hydrogen-bond donors (Lipinski definition) is 0. The van der Waals surface area contributed by atoms with Crippen molar-refractivity contribution >= 4 is 18.0 Å². The smallest absolute Gasteiger partial charge is 0.290 e. The number of hydrogen-bond acceptors (Lipinski definition) is 4. The first kappa shape index (κ1) is 11.0. The zero-order chi connectivity index (χ0) is 11.3. The van der Waals surface area contributed by atoms with E-state index in [4.69, 9.17) is 0 Å². The molecular formula is C10H10N2O3. The van der Waals surface area contributed by atoms with Gasteiger partial charge in [-0.05, 0) is 19.1 Å². The number of carbonyl (C=O) groups is 1. The van der Waals surface area contributed by atoms with Crippen molar-refractivity contribution < 1.29 is 9.72 Å². The van der Waals surface area contributed by atoms with Gasteiger partial charge in [-0.3, -0.25) is 10.1 Å². The highest BCUT2D eigenvalue weighted by atomic mass is 16.6. The molecule has 0 radical (unpaired) electrons. The molecule has 0 aliphatic heterocycles. The van der Waals surface area contributed by atoms with Crippen LogP contribution in [0.3, 0.4) is 0 Å². The first-order chi connectivity index (χ1) is 7.15. The van der Waals surface area contributed by atoms with Gasteiger partial charge in [-0.25, -0.2) is 4.98 Å². The van der Waals surface area contributed by atoms with Gasteiger partial charge in [-0.1, -0.05) is 6.08 Å². The first-order valence-electron chi connectivity index (χ1n) is 4.37. The predicted octanol–water partition coefficient (Wildman–Crippen LogP) is 1.90. The van der Waals surface area contributed by atoms with Crippen molar-refractivity contribution in [2.45, 2.75) is 13.3 Å². The molecule has 1 aromatic heterocycles. The molecular weight excluding hydrogens is 196 g/mol. The second-order valence-electron chi connectivity index (χ2n) is 2.90. The lowest BCUT2D eigenvalue weighted by Gasteiger charge is -1.97. The molecule has 0 aliphatic carbocycles. The van der Waals surface area contributed by atoms with Crippen LogP contribution < -0.4 is 0 Å². The summed E-state index contributed by atoms with van der Waals surface area (Å²) < 4.78 is 0. The SMILES string of the molecule is Cc1nc(C=CCC=O)ccc1[N+](=O)[O-]. The van der Waals surface area contributed by atoms with Gasteiger partial charge in [0.05, 0.1) is 10.6 Å². The summed E-state index contributed by atoms with van der Waals surface area (Å²) in [6.07, 6.45) is 4.40. The topological polar surface area (TPSA) is 73.1 Å². The van der Waals surface area contributed by atoms with Crippen LogP contribution in [0.25, 0.3) is 6.08 Å². The van der Waals surface area contributed by atoms with Crippen LogP contribution in [0.2, 0.25) is 0 Å². The summed E-state index contributed by atoms with van der Waals surface area (Å²) in [4.78, 5) is 24.1. The van der Waals surface area contributed by atoms with Crippen LogP contribution >= 0.6 is 0 Å². The summed E-state index contributed by atoms with van der Waals surface area (Å²) in [6, 6.07) is 2.95. The van der Waals surface area contributed by atoms with E-state index < -0.39 is 4.92 Å². The molecule has 0 aliphatic rings. The Labute approximate surface area is 86.6 Å². The van der Waals surface area contributed by atoms with Crippen LogP contribution in [0.4, 0.5) is 5.69 Å². The van der Waals surface area contributed by atoms with Gasteiger partial charge < -0.3 is 4.79 Å². The summed E-state index contributed by atoms with van der Waals surface area (Å²) in [6.45, 7) is 1.58. The van der Waals surface area contributed by atoms with Crippen LogP contribution in [0.5, 0.6) is 0 Å². The van der Waals surface area contributed by atoms with E-state index in [1.165, 1.54) is 6.07 Å². The third kappa shape index (κ3) is 2.98. The standard InChI is InChI=1S/C10H10N2O3/c1-8-10(12(14)15)6-5-9(11-8)4-2-3-7-13/h2,4-7H,3H2,1H3. The Morgan fingerprint density at radius 3 is 2.80 bits per heavy atom. The Morgan fingerprint density at radius 2 is 2.27 bits per heavy atom. The van der Waals surface area contributed by atoms with E-state index in [9.17, 15) is 14.9 Å². The summed E-state index contributed by atoms with van der Waals surface area (Å²) in [5.41, 5.74) is 0.982. The van der Waals surface area contributed by atoms with E-state index in [0.717, 1.165) is 6.29 Å². The average molecular weight is 206 g/mol. The predicted molar refractivity (Wildman–Crippen MR) is 55.3 cm³/mol. The van der Waals surface area contributed by atoms with Crippen molar-refractivity contribution in [3.8, 4) is 0 Å². The number of pyridine rings is 1. The van der Waals surface area contributed by atoms with E-state index in [-0.39, 0.29) is 5.69 Å². The van der Waals surface area contributed by atoms with E-state index in [1.807, 2.05) is 0 Å². The fourth-order valence-corrected chi connectivity index (χ4v) is 1.10. The van der Waals surface area contributed by atoms with E-state index in [2.05, 4.69) is 4.98 Å². The third-order valence-corrected chi connectivity index (χ3v) is 1.80. The zero-order valence-electron chi connectivity index (χ0n) is 8.21. The number of nitro groups is 1. The quantitative estimate of drug-likeness (QED) is 0.428. The molecule has 0 aromatic carbocycles. The molecule has 0 amide bonds. The Bertz CT molecular complexity index is 413. The van der Waals surface area contributed by atoms with Crippen molar-refractivity contribution in [1.82, 2.24) is 4.98 Å². The summed E-state index contributed by atoms with van der Waals surface area (Å²) in [5.74, 6) is 0. The largest absolute Gasteiger partial charge is 0.303 e. The molecule has 78 valence electrons. The van der Waals surface area contributed by atoms with Crippen LogP contribution in [0, 0.1) is 17.0 Å². The monoisotopic (exact) mass is 206 g/mol. The summed E-state index contributed by atoms with van der Waals surface area (Å²) in [5, 5.41) is 10.5. The lowest BCUT2D eigenvalue weighted by Crippen LogP contribution is -1.95. The Morgan fingerprint density at radius 1 is 1.53 bits per heavy atom. The van der Waals surface area contributed by atoms with Crippen molar-refractivity contribution in [1.29, 1.82) is 0 Å². The molecule has 0 N–H and O–H groups in total. The summed E-state index contributed by atoms with van der Waals surface area (Å²) in [7, 11) is 0. The molecule has 1 heterocycles. The van der Waals surface area contributed by atoms with Crippen molar-refractivity contribution in [3.05, 3.63) is 39.7 Å². The maximum absolute atomic E-state index is 10.5. The molecule has 15 heavy (non-hydrogen) atoms. The number of aldehydes is 1. The molecule has 1 aromatic rings. The van der Waals surface area contributed by atoms with Crippen LogP contribution in [0.1, 0.15) is 17.8 Å². The Balaban J connectivity index is 2.91. The number of nitrogens with zero attached hydrogens (tertiary/aromatic N) is 2. The van der Waals surface area contributed by atoms with Gasteiger partial charge in [0.15, 0.2) is 0 Å². The highest BCUT2D eigenvalue weighted by Crippen LogP contribution is 2.15. The van der Waals surface area contributed by atoms with Gasteiger partial charge in [-0.15, -0.1) is 0 Å². The van der Waals surface area contributed by atoms with Gasteiger partial charge in [-0.2, -0.15) is 0 Å². The van der Waals surface area contributed by atoms with Crippen LogP contribution in [-0.2, 0) is 4.79 Å². The van der Waals surface area contributed by atoms with E-state index >= 15 is 0 Å². The fourth-order valence-electron chi connectivity index (χ4n) is 1.10. The zero-order valence-corrected chi connectivity index (χ0v) is 8.21. The van der Waals surface area contributed by atoms with Gasteiger partial charge in [0.1, 0.15) is 12.0 Å². The summed E-state index contributed by atoms with van der Waals surface area (Å²) >= 11 is 0. The second kappa shape index (κ2) is 4.99. The molecule has 0 bridgehead atoms. The number of allylic oxidation sites excluding steroid dienone is 1. The molecule has 5 heteroatoms. The van der Waals surface area contributed by atoms with Gasteiger partial charge in [0.2, 0.25) is 0 Å². The number of carbonyl (C=O) groups excluding carboxylic acids is 1. The number of aryl methyl sites for hydroxylation is 1. The van der Waals surface area contributed by atoms with Gasteiger partial charge >= 0.3 is 0 Å². The van der Waals surface area contributed by atoms with E-state index in [0.29, 0.717) is 17.8 Å². The number of rotatable bonds is 4. The lowest BCUT2D eigenvalue weighted by atomic mass is 10.2. The van der Waals surface area contributed by atoms with Gasteiger partial charge in [0.25, 0.3) is 5.69 Å². The van der Waals surface area contributed by atoms with Crippen molar-refractivity contribution in [2.24, 2.45) is 0 Å². The third-order valence-electron chi connectivity index (χ3n) is 1.80. The van der Waals surface area contributed by atoms with Crippen LogP contribution in [-0.4, -0.2) is 16.2 Å². The maximum Gasteiger partial charge on any atom is 0.290 e. The molecule has 0 saturated heterocycles. The highest BCUT2D eigenvalue weighted by molar-refractivity contribution is 5.57. The molecule has 0 unspecified atom stereocenters. The number of aromatic nitrogens is 1. The van der Waals surface area contributed by atoms with E-state index in [1.54, 1.807) is 25.1 Å². The minimum atomic E-state index is -0.471. The molecule has 0 spiro atoms. The minimum Gasteiger partial charge on any atom is -0.303 e. The Kier molecular flexibility index (Phi) is 3.68. The highest BCUT2D eigenvalue weighted by Gasteiger charge is 2.10. The molecule has 1 rings (SSSR count). The first-order valence-corrected chi connectivity index (χ1v) is 4.37. The molecule has 0 saturated carbocycles. The lowest BCUT2D eigenvalue weighted by molar-refractivity contribution is -0.385. The molecule has 0 atom stereocenters. The van der Waals surface area contributed by atoms with Crippen LogP contribution in [0.15, 0.2) is 18.2 Å². The normalized spacial score (nSPS) is 10.5. The minimum absolute atomic E-state index is 0.00235. The fraction of sp³-hybridized carbons (Fsp3) is 0.200. The second-order valence-corrected chi connectivity index (χ2v) is 2.90.